The third-order valence-corrected chi connectivity index (χ3v) is 2.38. The predicted molar refractivity (Wildman–Crippen MR) is 58.1 cm³/mol. The van der Waals surface area contributed by atoms with Crippen LogP contribution in [-0.4, -0.2) is 24.7 Å². The third-order valence-electron chi connectivity index (χ3n) is 2.38. The summed E-state index contributed by atoms with van der Waals surface area (Å²) in [5.41, 5.74) is 0.509. The molecule has 0 radical (unpaired) electrons. The maximum Gasteiger partial charge on any atom is 0.390 e. The lowest BCUT2D eigenvalue weighted by Crippen LogP contribution is -2.24. The first kappa shape index (κ1) is 14.5. The SMILES string of the molecule is CN(CCC(F)(F)F)Cc1ccc(F)c(C#N)c1. The van der Waals surface area contributed by atoms with Crippen LogP contribution in [0.1, 0.15) is 17.5 Å². The number of nitriles is 1. The highest BCUT2D eigenvalue weighted by Gasteiger charge is 2.27. The molecule has 1 aromatic rings. The molecule has 0 spiro atoms. The Kier molecular flexibility index (Phi) is 4.68. The summed E-state index contributed by atoms with van der Waals surface area (Å²) < 4.78 is 49.0. The number of alkyl halides is 3. The summed E-state index contributed by atoms with van der Waals surface area (Å²) >= 11 is 0. The van der Waals surface area contributed by atoms with E-state index in [2.05, 4.69) is 0 Å². The van der Waals surface area contributed by atoms with Gasteiger partial charge < -0.3 is 4.90 Å². The van der Waals surface area contributed by atoms with Crippen molar-refractivity contribution in [1.29, 1.82) is 5.26 Å². The van der Waals surface area contributed by atoms with Gasteiger partial charge in [0.25, 0.3) is 0 Å². The minimum absolute atomic E-state index is 0.100. The molecule has 6 heteroatoms. The van der Waals surface area contributed by atoms with Crippen molar-refractivity contribution in [2.75, 3.05) is 13.6 Å². The van der Waals surface area contributed by atoms with Crippen molar-refractivity contribution in [3.8, 4) is 6.07 Å². The fraction of sp³-hybridized carbons (Fsp3) is 0.417. The van der Waals surface area contributed by atoms with E-state index in [0.717, 1.165) is 6.07 Å². The highest BCUT2D eigenvalue weighted by Crippen LogP contribution is 2.20. The maximum absolute atomic E-state index is 13.0. The van der Waals surface area contributed by atoms with Crippen molar-refractivity contribution < 1.29 is 17.6 Å². The van der Waals surface area contributed by atoms with Gasteiger partial charge in [0.15, 0.2) is 0 Å². The molecule has 0 saturated heterocycles. The van der Waals surface area contributed by atoms with E-state index in [1.54, 1.807) is 13.1 Å². The Morgan fingerprint density at radius 3 is 2.56 bits per heavy atom. The summed E-state index contributed by atoms with van der Waals surface area (Å²) in [6.07, 6.45) is -5.08. The van der Waals surface area contributed by atoms with Gasteiger partial charge >= 0.3 is 6.18 Å². The van der Waals surface area contributed by atoms with Crippen LogP contribution in [0.3, 0.4) is 0 Å². The zero-order valence-corrected chi connectivity index (χ0v) is 9.76. The van der Waals surface area contributed by atoms with Crippen LogP contribution in [0.15, 0.2) is 18.2 Å². The van der Waals surface area contributed by atoms with Crippen molar-refractivity contribution in [3.05, 3.63) is 35.1 Å². The van der Waals surface area contributed by atoms with Crippen LogP contribution < -0.4 is 0 Å². The summed E-state index contributed by atoms with van der Waals surface area (Å²) in [7, 11) is 1.54. The van der Waals surface area contributed by atoms with Gasteiger partial charge in [0, 0.05) is 13.1 Å². The minimum Gasteiger partial charge on any atom is -0.302 e. The Morgan fingerprint density at radius 2 is 2.00 bits per heavy atom. The molecule has 1 aromatic carbocycles. The molecule has 18 heavy (non-hydrogen) atoms. The molecular formula is C12H12F4N2. The fourth-order valence-corrected chi connectivity index (χ4v) is 1.46. The Hall–Kier alpha value is -1.61. The van der Waals surface area contributed by atoms with Gasteiger partial charge in [-0.2, -0.15) is 18.4 Å². The number of rotatable bonds is 4. The van der Waals surface area contributed by atoms with Gasteiger partial charge in [-0.25, -0.2) is 4.39 Å². The van der Waals surface area contributed by atoms with E-state index in [0.29, 0.717) is 5.56 Å². The van der Waals surface area contributed by atoms with Crippen molar-refractivity contribution >= 4 is 0 Å². The molecule has 1 rings (SSSR count). The number of benzene rings is 1. The van der Waals surface area contributed by atoms with Crippen molar-refractivity contribution in [3.63, 3.8) is 0 Å². The van der Waals surface area contributed by atoms with Crippen LogP contribution in [0.2, 0.25) is 0 Å². The lowest BCUT2D eigenvalue weighted by atomic mass is 10.1. The van der Waals surface area contributed by atoms with Gasteiger partial charge in [-0.05, 0) is 24.7 Å². The lowest BCUT2D eigenvalue weighted by Gasteiger charge is -2.17. The number of hydrogen-bond acceptors (Lipinski definition) is 2. The molecule has 0 aromatic heterocycles. The molecule has 0 bridgehead atoms. The van der Waals surface area contributed by atoms with Gasteiger partial charge in [0.05, 0.1) is 12.0 Å². The normalized spacial score (nSPS) is 11.6. The monoisotopic (exact) mass is 260 g/mol. The zero-order valence-electron chi connectivity index (χ0n) is 9.76. The summed E-state index contributed by atoms with van der Waals surface area (Å²) in [6, 6.07) is 5.64. The summed E-state index contributed by atoms with van der Waals surface area (Å²) in [5, 5.41) is 8.63. The van der Waals surface area contributed by atoms with Gasteiger partial charge in [-0.3, -0.25) is 0 Å². The standard InChI is InChI=1S/C12H12F4N2/c1-18(5-4-12(14,15)16)8-9-2-3-11(13)10(6-9)7-17/h2-3,6H,4-5,8H2,1H3. The summed E-state index contributed by atoms with van der Waals surface area (Å²) in [4.78, 5) is 1.47. The Labute approximate surface area is 102 Å². The predicted octanol–water partition coefficient (Wildman–Crippen LogP) is 3.08. The van der Waals surface area contributed by atoms with Crippen LogP contribution in [0.25, 0.3) is 0 Å². The van der Waals surface area contributed by atoms with Crippen LogP contribution >= 0.6 is 0 Å². The van der Waals surface area contributed by atoms with Gasteiger partial charge in [-0.15, -0.1) is 0 Å². The molecule has 2 nitrogen and oxygen atoms in total. The molecule has 0 saturated carbocycles. The average molecular weight is 260 g/mol. The summed E-state index contributed by atoms with van der Waals surface area (Å²) in [6.45, 7) is 0.105. The first-order valence-electron chi connectivity index (χ1n) is 5.25. The molecule has 0 amide bonds. The largest absolute Gasteiger partial charge is 0.390 e. The minimum atomic E-state index is -4.19. The second-order valence-corrected chi connectivity index (χ2v) is 4.03. The number of hydrogen-bond donors (Lipinski definition) is 0. The van der Waals surface area contributed by atoms with Crippen molar-refractivity contribution in [2.24, 2.45) is 0 Å². The topological polar surface area (TPSA) is 27.0 Å². The van der Waals surface area contributed by atoms with Crippen LogP contribution in [0, 0.1) is 17.1 Å². The van der Waals surface area contributed by atoms with E-state index in [4.69, 9.17) is 5.26 Å². The Bertz CT molecular complexity index is 448. The van der Waals surface area contributed by atoms with E-state index in [9.17, 15) is 17.6 Å². The second kappa shape index (κ2) is 5.83. The molecular weight excluding hydrogens is 248 g/mol. The quantitative estimate of drug-likeness (QED) is 0.778. The molecule has 0 heterocycles. The van der Waals surface area contributed by atoms with Crippen molar-refractivity contribution in [2.45, 2.75) is 19.1 Å². The third kappa shape index (κ3) is 4.72. The molecule has 0 aliphatic heterocycles. The lowest BCUT2D eigenvalue weighted by molar-refractivity contribution is -0.137. The first-order chi connectivity index (χ1) is 8.31. The smallest absolute Gasteiger partial charge is 0.302 e. The molecule has 0 unspecified atom stereocenters. The van der Waals surface area contributed by atoms with E-state index in [-0.39, 0.29) is 18.7 Å². The van der Waals surface area contributed by atoms with E-state index >= 15 is 0 Å². The van der Waals surface area contributed by atoms with Gasteiger partial charge in [0.2, 0.25) is 0 Å². The zero-order chi connectivity index (χ0) is 13.8. The number of nitrogens with zero attached hydrogens (tertiary/aromatic N) is 2. The van der Waals surface area contributed by atoms with E-state index in [1.807, 2.05) is 0 Å². The van der Waals surface area contributed by atoms with Gasteiger partial charge in [0.1, 0.15) is 11.9 Å². The molecule has 0 fully saturated rings. The first-order valence-corrected chi connectivity index (χ1v) is 5.25. The maximum atomic E-state index is 13.0. The fourth-order valence-electron chi connectivity index (χ4n) is 1.46. The van der Waals surface area contributed by atoms with Crippen LogP contribution in [-0.2, 0) is 6.54 Å². The summed E-state index contributed by atoms with van der Waals surface area (Å²) in [5.74, 6) is -0.626. The molecule has 98 valence electrons. The Morgan fingerprint density at radius 1 is 1.33 bits per heavy atom. The molecule has 0 N–H and O–H groups in total. The Balaban J connectivity index is 2.60. The van der Waals surface area contributed by atoms with E-state index in [1.165, 1.54) is 17.0 Å². The van der Waals surface area contributed by atoms with Gasteiger partial charge in [-0.1, -0.05) is 6.07 Å². The van der Waals surface area contributed by atoms with Crippen LogP contribution in [0.5, 0.6) is 0 Å². The molecule has 0 atom stereocenters. The molecule has 0 aliphatic rings. The highest BCUT2D eigenvalue weighted by atomic mass is 19.4. The molecule has 0 aliphatic carbocycles. The number of halogens is 4. The van der Waals surface area contributed by atoms with Crippen LogP contribution in [0.4, 0.5) is 17.6 Å². The average Bonchev–Trinajstić information content (AvgIpc) is 2.28. The highest BCUT2D eigenvalue weighted by molar-refractivity contribution is 5.34. The second-order valence-electron chi connectivity index (χ2n) is 4.03. The van der Waals surface area contributed by atoms with Crippen molar-refractivity contribution in [1.82, 2.24) is 4.90 Å². The van der Waals surface area contributed by atoms with E-state index < -0.39 is 18.4 Å².